The molecule has 0 saturated carbocycles. The third-order valence-electron chi connectivity index (χ3n) is 10.9. The van der Waals surface area contributed by atoms with Crippen LogP contribution in [0.15, 0.2) is 85.2 Å². The highest BCUT2D eigenvalue weighted by Gasteiger charge is 2.24. The number of likely N-dealkylation sites (N-methyl/N-ethyl adjacent to an activating group) is 3. The Morgan fingerprint density at radius 2 is 1.75 bits per heavy atom. The number of allylic oxidation sites excluding steroid dienone is 3. The number of nitrogens with zero attached hydrogens (tertiary/aromatic N) is 3. The molecular weight excluding hydrogens is 739 g/mol. The minimum absolute atomic E-state index is 0.0688. The summed E-state index contributed by atoms with van der Waals surface area (Å²) in [6.45, 7) is 28.3. The second-order valence-corrected chi connectivity index (χ2v) is 14.9. The number of rotatable bonds is 23. The van der Waals surface area contributed by atoms with Gasteiger partial charge in [-0.2, -0.15) is 0 Å². The molecule has 1 heterocycles. The highest BCUT2D eigenvalue weighted by Crippen LogP contribution is 2.33. The molecule has 328 valence electrons. The molecule has 2 aromatic rings. The molecule has 0 spiro atoms. The van der Waals surface area contributed by atoms with Crippen LogP contribution in [0.1, 0.15) is 115 Å². The average Bonchev–Trinajstić information content (AvgIpc) is 3.68. The van der Waals surface area contributed by atoms with Gasteiger partial charge in [0.25, 0.3) is 0 Å². The lowest BCUT2D eigenvalue weighted by Crippen LogP contribution is -2.32. The smallest absolute Gasteiger partial charge is 0.335 e. The number of aromatic carboxylic acids is 1. The summed E-state index contributed by atoms with van der Waals surface area (Å²) in [6.07, 6.45) is 14.6. The van der Waals surface area contributed by atoms with Gasteiger partial charge in [-0.1, -0.05) is 105 Å². The average molecular weight is 816 g/mol. The highest BCUT2D eigenvalue weighted by molar-refractivity contribution is 5.95. The van der Waals surface area contributed by atoms with Crippen LogP contribution in [-0.4, -0.2) is 81.2 Å². The minimum Gasteiger partial charge on any atom is -0.489 e. The molecule has 3 rings (SSSR count). The zero-order chi connectivity index (χ0) is 44.5. The van der Waals surface area contributed by atoms with E-state index < -0.39 is 5.97 Å². The molecule has 10 heteroatoms. The van der Waals surface area contributed by atoms with Gasteiger partial charge in [-0.3, -0.25) is 14.5 Å². The summed E-state index contributed by atoms with van der Waals surface area (Å²) < 4.78 is 6.12. The van der Waals surface area contributed by atoms with Crippen molar-refractivity contribution in [3.63, 3.8) is 0 Å². The van der Waals surface area contributed by atoms with E-state index in [1.54, 1.807) is 25.3 Å². The summed E-state index contributed by atoms with van der Waals surface area (Å²) in [5.41, 5.74) is 6.16. The molecule has 0 aliphatic carbocycles. The lowest BCUT2D eigenvalue weighted by molar-refractivity contribution is -0.121. The van der Waals surface area contributed by atoms with Gasteiger partial charge in [0.05, 0.1) is 18.2 Å². The maximum Gasteiger partial charge on any atom is 0.335 e. The van der Waals surface area contributed by atoms with Crippen LogP contribution in [0.4, 0.5) is 17.1 Å². The van der Waals surface area contributed by atoms with Crippen molar-refractivity contribution in [2.24, 2.45) is 11.8 Å². The number of anilines is 3. The first-order valence-corrected chi connectivity index (χ1v) is 21.7. The summed E-state index contributed by atoms with van der Waals surface area (Å²) >= 11 is 0. The first-order chi connectivity index (χ1) is 28.2. The Morgan fingerprint density at radius 1 is 1.03 bits per heavy atom. The topological polar surface area (TPSA) is 114 Å². The Labute approximate surface area is 357 Å². The monoisotopic (exact) mass is 816 g/mol. The van der Waals surface area contributed by atoms with Gasteiger partial charge in [-0.05, 0) is 99.7 Å². The van der Waals surface area contributed by atoms with Crippen LogP contribution in [0.2, 0.25) is 0 Å². The van der Waals surface area contributed by atoms with Gasteiger partial charge in [-0.25, -0.2) is 4.79 Å². The molecule has 0 radical (unpaired) electrons. The summed E-state index contributed by atoms with van der Waals surface area (Å²) in [6, 6.07) is 11.4. The predicted molar refractivity (Wildman–Crippen MR) is 250 cm³/mol. The Morgan fingerprint density at radius 3 is 2.31 bits per heavy atom. The van der Waals surface area contributed by atoms with E-state index in [-0.39, 0.29) is 23.4 Å². The maximum atomic E-state index is 12.4. The van der Waals surface area contributed by atoms with E-state index in [4.69, 9.17) is 4.74 Å². The van der Waals surface area contributed by atoms with E-state index in [9.17, 15) is 19.5 Å². The molecule has 59 heavy (non-hydrogen) atoms. The normalized spacial score (nSPS) is 14.1. The number of carbonyl (C=O) groups excluding carboxylic acids is 2. The quantitative estimate of drug-likeness (QED) is 0.0751. The number of hydrogen-bond donors (Lipinski definition) is 3. The van der Waals surface area contributed by atoms with Gasteiger partial charge in [0, 0.05) is 56.2 Å². The largest absolute Gasteiger partial charge is 0.489 e. The van der Waals surface area contributed by atoms with Crippen LogP contribution in [0.25, 0.3) is 0 Å². The van der Waals surface area contributed by atoms with E-state index in [0.717, 1.165) is 72.7 Å². The van der Waals surface area contributed by atoms with Crippen molar-refractivity contribution in [3.8, 4) is 0 Å². The van der Waals surface area contributed by atoms with Crippen molar-refractivity contribution in [2.75, 3.05) is 62.4 Å². The molecule has 0 bridgehead atoms. The predicted octanol–water partition coefficient (Wildman–Crippen LogP) is 10.3. The van der Waals surface area contributed by atoms with Crippen LogP contribution in [0.5, 0.6) is 0 Å². The first kappa shape index (κ1) is 52.2. The van der Waals surface area contributed by atoms with Gasteiger partial charge < -0.3 is 30.3 Å². The van der Waals surface area contributed by atoms with Crippen molar-refractivity contribution in [2.45, 2.75) is 113 Å². The lowest BCUT2D eigenvalue weighted by atomic mass is 9.82. The molecule has 3 atom stereocenters. The molecule has 1 aliphatic heterocycles. The Kier molecular flexibility index (Phi) is 25.3. The molecule has 1 aliphatic rings. The number of carbonyl (C=O) groups is 3. The summed E-state index contributed by atoms with van der Waals surface area (Å²) in [4.78, 5) is 40.9. The molecule has 1 fully saturated rings. The zero-order valence-electron chi connectivity index (χ0n) is 38.3. The van der Waals surface area contributed by atoms with Crippen molar-refractivity contribution in [3.05, 3.63) is 102 Å². The van der Waals surface area contributed by atoms with Gasteiger partial charge in [0.15, 0.2) is 0 Å². The fourth-order valence-electron chi connectivity index (χ4n) is 6.89. The number of amides is 2. The standard InChI is InChI=1S/C41H57N3O4.C6H14N2O.C2H6/c1-9-13-16-29(5)32(11-3)25-34-20-21-35(41(46)47)27-39(34)43(8)31(7)33(15-10-2)19-18-30(6)48-28-36-26-37(22-23-38(36)42-12-4)44-24-14-17-40(44)45;1-4-8(3)5-6(9)7-2;1-2/h10,15,18-23,26-27,29,31-32,42H,2,6,9,11-14,16-17,24-25,28H2,1,3-5,7-8H3,(H,46,47);4-5H2,1-3H3,(H,7,9);1-2H3/b19-18-,33-15+;;. The molecule has 3 N–H and O–H groups in total. The molecule has 2 aromatic carbocycles. The van der Waals surface area contributed by atoms with E-state index in [2.05, 4.69) is 56.4 Å². The second-order valence-electron chi connectivity index (χ2n) is 14.9. The number of ether oxygens (including phenoxy) is 1. The fraction of sp³-hybridized carbons (Fsp3) is 0.531. The van der Waals surface area contributed by atoms with E-state index in [1.807, 2.05) is 94.1 Å². The Hall–Kier alpha value is -4.83. The summed E-state index contributed by atoms with van der Waals surface area (Å²) in [7, 11) is 5.58. The minimum atomic E-state index is -0.933. The Bertz CT molecular complexity index is 1680. The maximum absolute atomic E-state index is 12.4. The van der Waals surface area contributed by atoms with Crippen molar-refractivity contribution in [1.82, 2.24) is 10.2 Å². The van der Waals surface area contributed by atoms with Crippen molar-refractivity contribution < 1.29 is 24.2 Å². The van der Waals surface area contributed by atoms with Crippen LogP contribution in [0, 0.1) is 11.8 Å². The summed E-state index contributed by atoms with van der Waals surface area (Å²) in [5, 5.41) is 15.8. The fourth-order valence-corrected chi connectivity index (χ4v) is 6.89. The van der Waals surface area contributed by atoms with E-state index in [1.165, 1.54) is 19.3 Å². The van der Waals surface area contributed by atoms with Gasteiger partial charge in [-0.15, -0.1) is 0 Å². The number of benzene rings is 2. The Balaban J connectivity index is 0.00000139. The molecule has 3 unspecified atom stereocenters. The number of carboxylic acid groups (broad SMARTS) is 1. The molecule has 2 amide bonds. The molecule has 10 nitrogen and oxygen atoms in total. The lowest BCUT2D eigenvalue weighted by Gasteiger charge is -2.32. The third-order valence-corrected chi connectivity index (χ3v) is 10.9. The SMILES string of the molecule is C=C/C=C(\C=C/C(=C)OCc1cc(N2CCCC2=O)ccc1NCC)C(C)N(C)c1cc(C(=O)O)ccc1CC(CC)C(C)CCCC.CC.CCN(C)CC(=O)NC. The molecule has 0 aromatic heterocycles. The first-order valence-electron chi connectivity index (χ1n) is 21.7. The zero-order valence-corrected chi connectivity index (χ0v) is 38.3. The van der Waals surface area contributed by atoms with Crippen LogP contribution in [0.3, 0.4) is 0 Å². The van der Waals surface area contributed by atoms with Gasteiger partial charge in [0.1, 0.15) is 12.4 Å². The van der Waals surface area contributed by atoms with E-state index >= 15 is 0 Å². The van der Waals surface area contributed by atoms with E-state index in [0.29, 0.717) is 37.2 Å². The number of carboxylic acids is 1. The van der Waals surface area contributed by atoms with Crippen molar-refractivity contribution >= 4 is 34.8 Å². The molecular formula is C49H77N5O5. The second kappa shape index (κ2) is 28.6. The number of unbranched alkanes of at least 4 members (excludes halogenated alkanes) is 1. The third kappa shape index (κ3) is 17.5. The van der Waals surface area contributed by atoms with Crippen LogP contribution in [-0.2, 0) is 27.4 Å². The van der Waals surface area contributed by atoms with Crippen molar-refractivity contribution in [1.29, 1.82) is 0 Å². The van der Waals surface area contributed by atoms with Crippen LogP contribution >= 0.6 is 0 Å². The summed E-state index contributed by atoms with van der Waals surface area (Å²) in [5.74, 6) is 0.901. The number of hydrogen-bond acceptors (Lipinski definition) is 7. The number of nitrogens with one attached hydrogen (secondary N) is 2. The molecule has 1 saturated heterocycles. The van der Waals surface area contributed by atoms with Crippen LogP contribution < -0.4 is 20.4 Å². The highest BCUT2D eigenvalue weighted by atomic mass is 16.5. The van der Waals surface area contributed by atoms with Gasteiger partial charge in [0.2, 0.25) is 11.8 Å². The van der Waals surface area contributed by atoms with Gasteiger partial charge >= 0.3 is 5.97 Å².